The average molecular weight is 337 g/mol. The predicted molar refractivity (Wildman–Crippen MR) is 96.5 cm³/mol. The van der Waals surface area contributed by atoms with E-state index in [1.165, 1.54) is 17.4 Å². The van der Waals surface area contributed by atoms with Gasteiger partial charge in [-0.3, -0.25) is 10.1 Å². The largest absolute Gasteiger partial charge is 0.507 e. The standard InChI is InChI=1S/C18H15N3O2S/c19-14(12-6-2-1-3-7-12)10-17(23)21-18-20-15(11-24-18)13-8-4-5-9-16(13)22/h1-11,22H,19H2,(H,20,21,23)/b14-10-. The molecule has 1 heterocycles. The number of carbonyl (C=O) groups excluding carboxylic acids is 1. The number of carbonyl (C=O) groups is 1. The number of rotatable bonds is 4. The molecule has 1 aromatic heterocycles. The van der Waals surface area contributed by atoms with Crippen molar-refractivity contribution in [1.29, 1.82) is 0 Å². The lowest BCUT2D eigenvalue weighted by Gasteiger charge is -2.02. The summed E-state index contributed by atoms with van der Waals surface area (Å²) in [5.74, 6) is -0.205. The Balaban J connectivity index is 1.73. The molecular formula is C18H15N3O2S. The zero-order chi connectivity index (χ0) is 16.9. The highest BCUT2D eigenvalue weighted by atomic mass is 32.1. The Kier molecular flexibility index (Phi) is 4.58. The van der Waals surface area contributed by atoms with Crippen LogP contribution < -0.4 is 11.1 Å². The summed E-state index contributed by atoms with van der Waals surface area (Å²) in [6, 6.07) is 16.2. The summed E-state index contributed by atoms with van der Waals surface area (Å²) in [7, 11) is 0. The van der Waals surface area contributed by atoms with Crippen LogP contribution in [0.15, 0.2) is 66.1 Å². The number of phenols is 1. The van der Waals surface area contributed by atoms with Crippen LogP contribution >= 0.6 is 11.3 Å². The third kappa shape index (κ3) is 3.61. The minimum Gasteiger partial charge on any atom is -0.507 e. The van der Waals surface area contributed by atoms with Gasteiger partial charge in [0.1, 0.15) is 5.75 Å². The van der Waals surface area contributed by atoms with Gasteiger partial charge < -0.3 is 10.8 Å². The van der Waals surface area contributed by atoms with Gasteiger partial charge in [0.15, 0.2) is 5.13 Å². The summed E-state index contributed by atoms with van der Waals surface area (Å²) in [5.41, 5.74) is 8.30. The highest BCUT2D eigenvalue weighted by Crippen LogP contribution is 2.31. The predicted octanol–water partition coefficient (Wildman–Crippen LogP) is 3.45. The number of aromatic nitrogens is 1. The van der Waals surface area contributed by atoms with Crippen LogP contribution in [0.5, 0.6) is 5.75 Å². The first-order valence-electron chi connectivity index (χ1n) is 7.21. The first-order valence-corrected chi connectivity index (χ1v) is 8.09. The van der Waals surface area contributed by atoms with Crippen LogP contribution in [0.1, 0.15) is 5.56 Å². The van der Waals surface area contributed by atoms with Crippen LogP contribution in [0, 0.1) is 0 Å². The minimum absolute atomic E-state index is 0.147. The molecule has 5 nitrogen and oxygen atoms in total. The van der Waals surface area contributed by atoms with E-state index in [2.05, 4.69) is 10.3 Å². The normalized spacial score (nSPS) is 11.2. The van der Waals surface area contributed by atoms with E-state index in [0.29, 0.717) is 22.1 Å². The number of anilines is 1. The molecule has 0 atom stereocenters. The molecule has 0 unspecified atom stereocenters. The van der Waals surface area contributed by atoms with E-state index >= 15 is 0 Å². The second-order valence-corrected chi connectivity index (χ2v) is 5.87. The first kappa shape index (κ1) is 15.8. The second kappa shape index (κ2) is 6.97. The summed E-state index contributed by atoms with van der Waals surface area (Å²) in [6.45, 7) is 0. The van der Waals surface area contributed by atoms with Gasteiger partial charge in [0.25, 0.3) is 5.91 Å². The zero-order valence-corrected chi connectivity index (χ0v) is 13.5. The molecule has 24 heavy (non-hydrogen) atoms. The number of thiazole rings is 1. The molecule has 0 radical (unpaired) electrons. The van der Waals surface area contributed by atoms with E-state index in [0.717, 1.165) is 5.56 Å². The fourth-order valence-corrected chi connectivity index (χ4v) is 2.86. The number of nitrogens with one attached hydrogen (secondary N) is 1. The average Bonchev–Trinajstić information content (AvgIpc) is 3.04. The summed E-state index contributed by atoms with van der Waals surface area (Å²) in [6.07, 6.45) is 1.33. The maximum atomic E-state index is 12.1. The Morgan fingerprint density at radius 1 is 1.12 bits per heavy atom. The molecule has 0 saturated heterocycles. The van der Waals surface area contributed by atoms with Gasteiger partial charge in [-0.1, -0.05) is 42.5 Å². The van der Waals surface area contributed by atoms with Crippen molar-refractivity contribution >= 4 is 28.1 Å². The van der Waals surface area contributed by atoms with E-state index in [1.54, 1.807) is 23.6 Å². The molecule has 3 aromatic rings. The Labute approximate surface area is 143 Å². The highest BCUT2D eigenvalue weighted by Gasteiger charge is 2.10. The Bertz CT molecular complexity index is 888. The second-order valence-electron chi connectivity index (χ2n) is 5.01. The molecule has 0 aliphatic carbocycles. The number of hydrogen-bond donors (Lipinski definition) is 3. The minimum atomic E-state index is -0.352. The van der Waals surface area contributed by atoms with Gasteiger partial charge in [-0.05, 0) is 17.7 Å². The van der Waals surface area contributed by atoms with Gasteiger partial charge in [0, 0.05) is 22.7 Å². The fraction of sp³-hybridized carbons (Fsp3) is 0. The number of amides is 1. The molecule has 0 fully saturated rings. The van der Waals surface area contributed by atoms with Gasteiger partial charge in [0.05, 0.1) is 5.69 Å². The van der Waals surface area contributed by atoms with Crippen molar-refractivity contribution in [3.05, 3.63) is 71.6 Å². The first-order chi connectivity index (χ1) is 11.6. The number of hydrogen-bond acceptors (Lipinski definition) is 5. The van der Waals surface area contributed by atoms with E-state index in [9.17, 15) is 9.90 Å². The van der Waals surface area contributed by atoms with Crippen LogP contribution in [0.4, 0.5) is 5.13 Å². The SMILES string of the molecule is N/C(=C\C(=O)Nc1nc(-c2ccccc2O)cs1)c1ccccc1. The highest BCUT2D eigenvalue weighted by molar-refractivity contribution is 7.14. The van der Waals surface area contributed by atoms with E-state index in [4.69, 9.17) is 5.73 Å². The molecule has 1 amide bonds. The lowest BCUT2D eigenvalue weighted by atomic mass is 10.1. The molecule has 0 aliphatic heterocycles. The Morgan fingerprint density at radius 2 is 1.83 bits per heavy atom. The molecule has 120 valence electrons. The summed E-state index contributed by atoms with van der Waals surface area (Å²) >= 11 is 1.28. The summed E-state index contributed by atoms with van der Waals surface area (Å²) in [4.78, 5) is 16.4. The van der Waals surface area contributed by atoms with Gasteiger partial charge in [-0.15, -0.1) is 11.3 Å². The van der Waals surface area contributed by atoms with Gasteiger partial charge in [-0.25, -0.2) is 4.98 Å². The molecule has 3 rings (SSSR count). The Morgan fingerprint density at radius 3 is 2.58 bits per heavy atom. The third-order valence-electron chi connectivity index (χ3n) is 3.31. The van der Waals surface area contributed by atoms with Crippen LogP contribution in [0.2, 0.25) is 0 Å². The number of phenolic OH excluding ortho intramolecular Hbond substituents is 1. The lowest BCUT2D eigenvalue weighted by Crippen LogP contribution is -2.10. The third-order valence-corrected chi connectivity index (χ3v) is 4.07. The monoisotopic (exact) mass is 337 g/mol. The van der Waals surface area contributed by atoms with Crippen LogP contribution in [-0.4, -0.2) is 16.0 Å². The van der Waals surface area contributed by atoms with Gasteiger partial charge in [0.2, 0.25) is 0 Å². The molecule has 2 aromatic carbocycles. The maximum absolute atomic E-state index is 12.1. The van der Waals surface area contributed by atoms with E-state index in [1.807, 2.05) is 36.4 Å². The quantitative estimate of drug-likeness (QED) is 0.636. The van der Waals surface area contributed by atoms with Crippen LogP contribution in [0.3, 0.4) is 0 Å². The van der Waals surface area contributed by atoms with Crippen molar-refractivity contribution in [2.75, 3.05) is 5.32 Å². The molecule has 0 spiro atoms. The van der Waals surface area contributed by atoms with Crippen molar-refractivity contribution < 1.29 is 9.90 Å². The molecule has 0 saturated carbocycles. The van der Waals surface area contributed by atoms with E-state index in [-0.39, 0.29) is 11.7 Å². The molecule has 0 aliphatic rings. The number of nitrogens with two attached hydrogens (primary N) is 1. The maximum Gasteiger partial charge on any atom is 0.252 e. The zero-order valence-electron chi connectivity index (χ0n) is 12.6. The molecule has 4 N–H and O–H groups in total. The summed E-state index contributed by atoms with van der Waals surface area (Å²) < 4.78 is 0. The molecule has 0 bridgehead atoms. The number of para-hydroxylation sites is 1. The van der Waals surface area contributed by atoms with Crippen molar-refractivity contribution in [3.8, 4) is 17.0 Å². The van der Waals surface area contributed by atoms with Gasteiger partial charge >= 0.3 is 0 Å². The van der Waals surface area contributed by atoms with Crippen LogP contribution in [-0.2, 0) is 4.79 Å². The Hall–Kier alpha value is -3.12. The molecular weight excluding hydrogens is 322 g/mol. The van der Waals surface area contributed by atoms with Crippen LogP contribution in [0.25, 0.3) is 17.0 Å². The lowest BCUT2D eigenvalue weighted by molar-refractivity contribution is -0.111. The van der Waals surface area contributed by atoms with Crippen molar-refractivity contribution in [1.82, 2.24) is 4.98 Å². The number of benzene rings is 2. The van der Waals surface area contributed by atoms with Crippen molar-refractivity contribution in [2.45, 2.75) is 0 Å². The number of nitrogens with zero attached hydrogens (tertiary/aromatic N) is 1. The van der Waals surface area contributed by atoms with Gasteiger partial charge in [-0.2, -0.15) is 0 Å². The van der Waals surface area contributed by atoms with Crippen molar-refractivity contribution in [3.63, 3.8) is 0 Å². The molecule has 6 heteroatoms. The fourth-order valence-electron chi connectivity index (χ4n) is 2.14. The number of aromatic hydroxyl groups is 1. The smallest absolute Gasteiger partial charge is 0.252 e. The van der Waals surface area contributed by atoms with Crippen molar-refractivity contribution in [2.24, 2.45) is 5.73 Å². The summed E-state index contributed by atoms with van der Waals surface area (Å²) in [5, 5.41) is 14.7. The van der Waals surface area contributed by atoms with E-state index < -0.39 is 0 Å². The topological polar surface area (TPSA) is 88.2 Å².